The molecule has 0 spiro atoms. The molecule has 17 heavy (non-hydrogen) atoms. The number of aromatic nitrogens is 1. The number of alkyl halides is 2. The van der Waals surface area contributed by atoms with Gasteiger partial charge in [-0.1, -0.05) is 0 Å². The molecule has 5 nitrogen and oxygen atoms in total. The predicted octanol–water partition coefficient (Wildman–Crippen LogP) is 0.977. The summed E-state index contributed by atoms with van der Waals surface area (Å²) >= 11 is 0. The minimum Gasteiger partial charge on any atom is -0.481 e. The van der Waals surface area contributed by atoms with Gasteiger partial charge in [-0.2, -0.15) is 5.26 Å². The third-order valence-corrected chi connectivity index (χ3v) is 2.10. The lowest BCUT2D eigenvalue weighted by Crippen LogP contribution is -2.13. The van der Waals surface area contributed by atoms with E-state index in [0.717, 1.165) is 6.07 Å². The van der Waals surface area contributed by atoms with Crippen molar-refractivity contribution >= 4 is 5.97 Å². The van der Waals surface area contributed by atoms with E-state index in [4.69, 9.17) is 16.1 Å². The summed E-state index contributed by atoms with van der Waals surface area (Å²) in [6, 6.07) is 2.57. The van der Waals surface area contributed by atoms with Gasteiger partial charge in [0.15, 0.2) is 0 Å². The molecule has 90 valence electrons. The average Bonchev–Trinajstić information content (AvgIpc) is 2.28. The summed E-state index contributed by atoms with van der Waals surface area (Å²) in [7, 11) is 0. The van der Waals surface area contributed by atoms with Gasteiger partial charge in [0.2, 0.25) is 0 Å². The lowest BCUT2D eigenvalue weighted by Gasteiger charge is -2.09. The molecule has 7 heteroatoms. The number of rotatable bonds is 4. The van der Waals surface area contributed by atoms with Gasteiger partial charge >= 0.3 is 5.97 Å². The topological polar surface area (TPSA) is 100 Å². The largest absolute Gasteiger partial charge is 0.481 e. The van der Waals surface area contributed by atoms with Gasteiger partial charge in [0.25, 0.3) is 6.43 Å². The monoisotopic (exact) mass is 241 g/mol. The van der Waals surface area contributed by atoms with Gasteiger partial charge < -0.3 is 10.8 Å². The number of hydrogen-bond donors (Lipinski definition) is 2. The summed E-state index contributed by atoms with van der Waals surface area (Å²) in [5.41, 5.74) is 4.71. The molecule has 0 atom stereocenters. The first-order valence-corrected chi connectivity index (χ1v) is 4.62. The van der Waals surface area contributed by atoms with Crippen LogP contribution in [0.1, 0.15) is 28.9 Å². The van der Waals surface area contributed by atoms with E-state index in [1.165, 1.54) is 0 Å². The molecule has 0 bridgehead atoms. The molecule has 0 saturated carbocycles. The summed E-state index contributed by atoms with van der Waals surface area (Å²) in [5.74, 6) is -1.18. The average molecular weight is 241 g/mol. The number of nitrogens with zero attached hydrogens (tertiary/aromatic N) is 2. The van der Waals surface area contributed by atoms with Crippen LogP contribution in [0.5, 0.6) is 0 Å². The van der Waals surface area contributed by atoms with Crippen molar-refractivity contribution in [1.82, 2.24) is 4.98 Å². The van der Waals surface area contributed by atoms with Gasteiger partial charge in [-0.15, -0.1) is 0 Å². The number of carboxylic acids is 1. The lowest BCUT2D eigenvalue weighted by molar-refractivity contribution is -0.136. The van der Waals surface area contributed by atoms with Crippen LogP contribution in [0.25, 0.3) is 0 Å². The normalized spacial score (nSPS) is 10.3. The highest BCUT2D eigenvalue weighted by Gasteiger charge is 2.18. The van der Waals surface area contributed by atoms with Gasteiger partial charge in [-0.05, 0) is 6.07 Å². The highest BCUT2D eigenvalue weighted by molar-refractivity contribution is 5.71. The first-order valence-electron chi connectivity index (χ1n) is 4.62. The zero-order chi connectivity index (χ0) is 13.0. The first-order chi connectivity index (χ1) is 7.99. The van der Waals surface area contributed by atoms with E-state index >= 15 is 0 Å². The molecule has 1 aromatic rings. The van der Waals surface area contributed by atoms with Gasteiger partial charge in [-0.25, -0.2) is 8.78 Å². The van der Waals surface area contributed by atoms with E-state index in [-0.39, 0.29) is 23.4 Å². The van der Waals surface area contributed by atoms with Crippen LogP contribution in [0.2, 0.25) is 0 Å². The molecular weight excluding hydrogens is 232 g/mol. The fourth-order valence-corrected chi connectivity index (χ4v) is 1.37. The smallest absolute Gasteiger partial charge is 0.307 e. The molecule has 1 rings (SSSR count). The summed E-state index contributed by atoms with van der Waals surface area (Å²) in [6.07, 6.45) is -3.29. The fourth-order valence-electron chi connectivity index (χ4n) is 1.37. The van der Waals surface area contributed by atoms with Crippen molar-refractivity contribution in [3.05, 3.63) is 28.6 Å². The Morgan fingerprint density at radius 3 is 2.71 bits per heavy atom. The molecule has 0 amide bonds. The maximum absolute atomic E-state index is 12.5. The molecule has 0 saturated heterocycles. The van der Waals surface area contributed by atoms with Crippen molar-refractivity contribution in [3.8, 4) is 6.07 Å². The molecule has 0 aromatic carbocycles. The molecule has 0 radical (unpaired) electrons. The number of nitrogens with two attached hydrogens (primary N) is 1. The quantitative estimate of drug-likeness (QED) is 0.818. The van der Waals surface area contributed by atoms with Crippen LogP contribution >= 0.6 is 0 Å². The van der Waals surface area contributed by atoms with E-state index in [0.29, 0.717) is 0 Å². The van der Waals surface area contributed by atoms with E-state index in [9.17, 15) is 13.6 Å². The Bertz CT molecular complexity index is 483. The summed E-state index contributed by atoms with van der Waals surface area (Å²) in [6.45, 7) is -0.197. The Kier molecular flexibility index (Phi) is 4.06. The van der Waals surface area contributed by atoms with Crippen LogP contribution in [0.3, 0.4) is 0 Å². The highest BCUT2D eigenvalue weighted by Crippen LogP contribution is 2.22. The van der Waals surface area contributed by atoms with E-state index in [1.54, 1.807) is 6.07 Å². The van der Waals surface area contributed by atoms with Crippen molar-refractivity contribution in [2.75, 3.05) is 0 Å². The van der Waals surface area contributed by atoms with Crippen molar-refractivity contribution in [3.63, 3.8) is 0 Å². The molecule has 0 aliphatic heterocycles. The van der Waals surface area contributed by atoms with Crippen LogP contribution in [-0.2, 0) is 17.8 Å². The molecule has 1 aromatic heterocycles. The van der Waals surface area contributed by atoms with Crippen molar-refractivity contribution in [1.29, 1.82) is 5.26 Å². The number of nitriles is 1. The maximum atomic E-state index is 12.5. The van der Waals surface area contributed by atoms with Crippen LogP contribution in [-0.4, -0.2) is 16.1 Å². The van der Waals surface area contributed by atoms with Gasteiger partial charge in [0, 0.05) is 12.1 Å². The standard InChI is InChI=1S/C10H9F2N3O2/c11-10(12)7-1-5(3-13)6(2-9(16)17)8(4-14)15-7/h1,10H,2,4,14H2,(H,16,17). The number of aliphatic carboxylic acids is 1. The second-order valence-electron chi connectivity index (χ2n) is 3.21. The molecule has 0 fully saturated rings. The third-order valence-electron chi connectivity index (χ3n) is 2.10. The summed E-state index contributed by atoms with van der Waals surface area (Å²) in [5, 5.41) is 17.5. The third kappa shape index (κ3) is 2.95. The molecule has 0 aliphatic rings. The number of halogens is 2. The first kappa shape index (κ1) is 13.0. The zero-order valence-corrected chi connectivity index (χ0v) is 8.65. The van der Waals surface area contributed by atoms with Gasteiger partial charge in [0.1, 0.15) is 5.69 Å². The number of carbonyl (C=O) groups is 1. The van der Waals surface area contributed by atoms with E-state index in [2.05, 4.69) is 4.98 Å². The lowest BCUT2D eigenvalue weighted by atomic mass is 10.0. The minimum absolute atomic E-state index is 0.0155. The predicted molar refractivity (Wildman–Crippen MR) is 53.1 cm³/mol. The minimum atomic E-state index is -2.83. The fraction of sp³-hybridized carbons (Fsp3) is 0.300. The van der Waals surface area contributed by atoms with Crippen LogP contribution < -0.4 is 5.73 Å². The Morgan fingerprint density at radius 2 is 2.29 bits per heavy atom. The second kappa shape index (κ2) is 5.32. The second-order valence-corrected chi connectivity index (χ2v) is 3.21. The molecular formula is C10H9F2N3O2. The number of carboxylic acid groups (broad SMARTS) is 1. The maximum Gasteiger partial charge on any atom is 0.307 e. The van der Waals surface area contributed by atoms with Gasteiger partial charge in [-0.3, -0.25) is 9.78 Å². The Balaban J connectivity index is 3.37. The van der Waals surface area contributed by atoms with E-state index < -0.39 is 24.5 Å². The number of pyridine rings is 1. The molecule has 0 unspecified atom stereocenters. The SMILES string of the molecule is N#Cc1cc(C(F)F)nc(CN)c1CC(=O)O. The Hall–Kier alpha value is -2.07. The summed E-state index contributed by atoms with van der Waals surface area (Å²) in [4.78, 5) is 14.2. The number of hydrogen-bond acceptors (Lipinski definition) is 4. The molecule has 1 heterocycles. The Labute approximate surface area is 95.5 Å². The molecule has 0 aliphatic carbocycles. The molecule has 3 N–H and O–H groups in total. The summed E-state index contributed by atoms with van der Waals surface area (Å²) < 4.78 is 24.9. The van der Waals surface area contributed by atoms with Crippen LogP contribution in [0.15, 0.2) is 6.07 Å². The highest BCUT2D eigenvalue weighted by atomic mass is 19.3. The van der Waals surface area contributed by atoms with Gasteiger partial charge in [0.05, 0.1) is 23.7 Å². The zero-order valence-electron chi connectivity index (χ0n) is 8.65. The van der Waals surface area contributed by atoms with Crippen molar-refractivity contribution in [2.45, 2.75) is 19.4 Å². The Morgan fingerprint density at radius 1 is 1.65 bits per heavy atom. The van der Waals surface area contributed by atoms with Crippen molar-refractivity contribution < 1.29 is 18.7 Å². The van der Waals surface area contributed by atoms with Crippen molar-refractivity contribution in [2.24, 2.45) is 5.73 Å². The van der Waals surface area contributed by atoms with E-state index in [1.807, 2.05) is 0 Å². The van der Waals surface area contributed by atoms with Crippen LogP contribution in [0, 0.1) is 11.3 Å². The van der Waals surface area contributed by atoms with Crippen LogP contribution in [0.4, 0.5) is 8.78 Å².